The molecule has 0 aromatic heterocycles. The molecule has 2 heterocycles. The first-order valence-corrected chi connectivity index (χ1v) is 10.4. The van der Waals surface area contributed by atoms with Crippen molar-refractivity contribution >= 4 is 5.91 Å². The molecule has 2 fully saturated rings. The fourth-order valence-corrected chi connectivity index (χ4v) is 4.56. The van der Waals surface area contributed by atoms with E-state index < -0.39 is 0 Å². The maximum absolute atomic E-state index is 12.8. The summed E-state index contributed by atoms with van der Waals surface area (Å²) >= 11 is 0. The van der Waals surface area contributed by atoms with Crippen molar-refractivity contribution in [2.24, 2.45) is 0 Å². The fourth-order valence-electron chi connectivity index (χ4n) is 4.56. The molecule has 2 unspecified atom stereocenters. The molecule has 2 bridgehead atoms. The summed E-state index contributed by atoms with van der Waals surface area (Å²) in [6.07, 6.45) is 5.10. The molecule has 4 nitrogen and oxygen atoms in total. The van der Waals surface area contributed by atoms with Gasteiger partial charge in [0.1, 0.15) is 12.4 Å². The van der Waals surface area contributed by atoms with Gasteiger partial charge in [0, 0.05) is 25.2 Å². The van der Waals surface area contributed by atoms with Gasteiger partial charge in [-0.25, -0.2) is 0 Å². The molecule has 0 aliphatic carbocycles. The molecule has 4 heteroatoms. The van der Waals surface area contributed by atoms with Gasteiger partial charge in [0.05, 0.1) is 6.42 Å². The first-order chi connectivity index (χ1) is 13.6. The fraction of sp³-hybridized carbons (Fsp3) is 0.458. The van der Waals surface area contributed by atoms with Crippen molar-refractivity contribution in [3.8, 4) is 5.75 Å². The van der Waals surface area contributed by atoms with Crippen LogP contribution in [0.3, 0.4) is 0 Å². The van der Waals surface area contributed by atoms with Crippen LogP contribution < -0.4 is 10.1 Å². The van der Waals surface area contributed by atoms with Crippen molar-refractivity contribution in [3.05, 3.63) is 65.2 Å². The van der Waals surface area contributed by atoms with E-state index >= 15 is 0 Å². The number of amides is 1. The van der Waals surface area contributed by atoms with Gasteiger partial charge in [-0.2, -0.15) is 0 Å². The third kappa shape index (κ3) is 4.56. The van der Waals surface area contributed by atoms with E-state index in [1.165, 1.54) is 18.4 Å². The largest absolute Gasteiger partial charge is 0.489 e. The van der Waals surface area contributed by atoms with Gasteiger partial charge in [-0.3, -0.25) is 4.79 Å². The molecule has 1 N–H and O–H groups in total. The van der Waals surface area contributed by atoms with Crippen LogP contribution in [0.5, 0.6) is 5.75 Å². The van der Waals surface area contributed by atoms with E-state index in [1.54, 1.807) is 0 Å². The maximum Gasteiger partial charge on any atom is 0.226 e. The van der Waals surface area contributed by atoms with Crippen molar-refractivity contribution in [1.82, 2.24) is 10.2 Å². The topological polar surface area (TPSA) is 41.6 Å². The normalized spacial score (nSPS) is 23.4. The van der Waals surface area contributed by atoms with Crippen LogP contribution in [0, 0.1) is 6.92 Å². The Bertz CT molecular complexity index is 823. The number of carbonyl (C=O) groups excluding carboxylic acids is 1. The molecule has 0 radical (unpaired) electrons. The van der Waals surface area contributed by atoms with Gasteiger partial charge in [0.2, 0.25) is 5.91 Å². The van der Waals surface area contributed by atoms with Crippen LogP contribution in [-0.2, 0) is 17.8 Å². The minimum absolute atomic E-state index is 0.196. The Hall–Kier alpha value is -2.33. The van der Waals surface area contributed by atoms with Gasteiger partial charge in [-0.15, -0.1) is 0 Å². The van der Waals surface area contributed by atoms with Crippen LogP contribution in [0.4, 0.5) is 0 Å². The zero-order chi connectivity index (χ0) is 19.5. The van der Waals surface area contributed by atoms with E-state index in [0.717, 1.165) is 29.7 Å². The maximum atomic E-state index is 12.8. The van der Waals surface area contributed by atoms with Gasteiger partial charge in [0.15, 0.2) is 0 Å². The van der Waals surface area contributed by atoms with Gasteiger partial charge in [-0.1, -0.05) is 42.0 Å². The molecule has 2 aromatic carbocycles. The van der Waals surface area contributed by atoms with Gasteiger partial charge in [-0.05, 0) is 55.9 Å². The lowest BCUT2D eigenvalue weighted by Gasteiger charge is -2.35. The minimum Gasteiger partial charge on any atom is -0.489 e. The number of likely N-dealkylation sites (N-methyl/N-ethyl adjacent to an activating group) is 1. The molecule has 148 valence electrons. The van der Waals surface area contributed by atoms with Crippen LogP contribution >= 0.6 is 0 Å². The summed E-state index contributed by atoms with van der Waals surface area (Å²) in [5.74, 6) is 1.01. The first kappa shape index (κ1) is 19.0. The summed E-state index contributed by atoms with van der Waals surface area (Å²) in [6, 6.07) is 17.8. The Morgan fingerprint density at radius 3 is 2.54 bits per heavy atom. The van der Waals surface area contributed by atoms with Gasteiger partial charge in [0.25, 0.3) is 0 Å². The number of nitrogens with zero attached hydrogens (tertiary/aromatic N) is 1. The SMILES string of the molecule is Cc1cccc(COc2cccc(CC(=O)N(C)C3CC4CCC(C3)N4)c2)c1. The summed E-state index contributed by atoms with van der Waals surface area (Å²) in [6.45, 7) is 2.62. The van der Waals surface area contributed by atoms with Crippen LogP contribution in [0.2, 0.25) is 0 Å². The van der Waals surface area contributed by atoms with E-state index in [1.807, 2.05) is 42.3 Å². The summed E-state index contributed by atoms with van der Waals surface area (Å²) in [5.41, 5.74) is 3.40. The van der Waals surface area contributed by atoms with Crippen molar-refractivity contribution in [2.45, 2.75) is 63.8 Å². The molecule has 2 saturated heterocycles. The zero-order valence-corrected chi connectivity index (χ0v) is 16.9. The number of hydrogen-bond acceptors (Lipinski definition) is 3. The van der Waals surface area contributed by atoms with Crippen molar-refractivity contribution in [1.29, 1.82) is 0 Å². The predicted molar refractivity (Wildman–Crippen MR) is 111 cm³/mol. The van der Waals surface area contributed by atoms with Crippen LogP contribution in [0.15, 0.2) is 48.5 Å². The molecular weight excluding hydrogens is 348 g/mol. The number of fused-ring (bicyclic) bond motifs is 2. The summed E-state index contributed by atoms with van der Waals surface area (Å²) in [5, 5.41) is 3.65. The molecule has 28 heavy (non-hydrogen) atoms. The van der Waals surface area contributed by atoms with Crippen LogP contribution in [0.1, 0.15) is 42.4 Å². The monoisotopic (exact) mass is 378 g/mol. The number of piperidine rings is 1. The Labute approximate surface area is 167 Å². The molecule has 0 saturated carbocycles. The second-order valence-electron chi connectivity index (χ2n) is 8.37. The summed E-state index contributed by atoms with van der Waals surface area (Å²) in [7, 11) is 1.97. The standard InChI is InChI=1S/C24H30N2O2/c1-17-5-3-7-19(11-17)16-28-23-8-4-6-18(12-23)13-24(27)26(2)22-14-20-9-10-21(15-22)25-20/h3-8,11-12,20-22,25H,9-10,13-16H2,1-2H3. The average Bonchev–Trinajstić information content (AvgIpc) is 3.04. The van der Waals surface area contributed by atoms with Crippen molar-refractivity contribution in [3.63, 3.8) is 0 Å². The van der Waals surface area contributed by atoms with E-state index in [-0.39, 0.29) is 5.91 Å². The van der Waals surface area contributed by atoms with E-state index in [0.29, 0.717) is 31.2 Å². The average molecular weight is 379 g/mol. The molecule has 2 aromatic rings. The lowest BCUT2D eigenvalue weighted by Crippen LogP contribution is -2.49. The Morgan fingerprint density at radius 1 is 1.07 bits per heavy atom. The second kappa shape index (κ2) is 8.36. The lowest BCUT2D eigenvalue weighted by atomic mass is 9.98. The van der Waals surface area contributed by atoms with Crippen molar-refractivity contribution in [2.75, 3.05) is 7.05 Å². The van der Waals surface area contributed by atoms with Gasteiger partial charge >= 0.3 is 0 Å². The molecule has 2 aliphatic rings. The van der Waals surface area contributed by atoms with E-state index in [2.05, 4.69) is 30.4 Å². The number of ether oxygens (including phenoxy) is 1. The molecule has 4 rings (SSSR count). The van der Waals surface area contributed by atoms with E-state index in [9.17, 15) is 4.79 Å². The summed E-state index contributed by atoms with van der Waals surface area (Å²) in [4.78, 5) is 14.8. The van der Waals surface area contributed by atoms with Crippen molar-refractivity contribution < 1.29 is 9.53 Å². The number of hydrogen-bond donors (Lipinski definition) is 1. The quantitative estimate of drug-likeness (QED) is 0.830. The highest BCUT2D eigenvalue weighted by Crippen LogP contribution is 2.29. The highest BCUT2D eigenvalue weighted by atomic mass is 16.5. The number of rotatable bonds is 6. The first-order valence-electron chi connectivity index (χ1n) is 10.4. The number of aryl methyl sites for hydroxylation is 1. The van der Waals surface area contributed by atoms with E-state index in [4.69, 9.17) is 4.74 Å². The number of carbonyl (C=O) groups is 1. The third-order valence-electron chi connectivity index (χ3n) is 6.13. The molecule has 2 atom stereocenters. The second-order valence-corrected chi connectivity index (χ2v) is 8.37. The third-order valence-corrected chi connectivity index (χ3v) is 6.13. The van der Waals surface area contributed by atoms with Crippen LogP contribution in [-0.4, -0.2) is 36.0 Å². The Kier molecular flexibility index (Phi) is 5.67. The number of nitrogens with one attached hydrogen (secondary N) is 1. The molecule has 1 amide bonds. The Morgan fingerprint density at radius 2 is 1.79 bits per heavy atom. The highest BCUT2D eigenvalue weighted by Gasteiger charge is 2.36. The predicted octanol–water partition coefficient (Wildman–Crippen LogP) is 3.86. The zero-order valence-electron chi connectivity index (χ0n) is 16.9. The highest BCUT2D eigenvalue weighted by molar-refractivity contribution is 5.79. The van der Waals surface area contributed by atoms with Crippen LogP contribution in [0.25, 0.3) is 0 Å². The summed E-state index contributed by atoms with van der Waals surface area (Å²) < 4.78 is 5.95. The van der Waals surface area contributed by atoms with Gasteiger partial charge < -0.3 is 15.0 Å². The molecular formula is C24H30N2O2. The molecule has 2 aliphatic heterocycles. The number of benzene rings is 2. The smallest absolute Gasteiger partial charge is 0.226 e. The lowest BCUT2D eigenvalue weighted by molar-refractivity contribution is -0.131. The Balaban J connectivity index is 1.34. The molecule has 0 spiro atoms. The minimum atomic E-state index is 0.196.